The third-order valence-electron chi connectivity index (χ3n) is 4.69. The molecule has 0 aliphatic heterocycles. The molecule has 30 heavy (non-hydrogen) atoms. The van der Waals surface area contributed by atoms with Gasteiger partial charge in [-0.1, -0.05) is 59.6 Å². The van der Waals surface area contributed by atoms with Crippen molar-refractivity contribution in [3.8, 4) is 22.6 Å². The lowest BCUT2D eigenvalue weighted by molar-refractivity contribution is -0.145. The Kier molecular flexibility index (Phi) is 7.24. The van der Waals surface area contributed by atoms with E-state index < -0.39 is 5.97 Å². The first kappa shape index (κ1) is 22.0. The number of hydrogen-bond donors (Lipinski definition) is 1. The predicted octanol–water partition coefficient (Wildman–Crippen LogP) is 6.21. The van der Waals surface area contributed by atoms with Crippen LogP contribution in [-0.2, 0) is 16.0 Å². The van der Waals surface area contributed by atoms with Crippen LogP contribution in [0.4, 0.5) is 0 Å². The number of benzene rings is 3. The SMILES string of the molecule is CCOC(=O)COc1cc(Cl)c(Cc2ccc(O)c(-c3ccccc3)c2)c(Cl)c1C. The van der Waals surface area contributed by atoms with Crippen LogP contribution in [0.3, 0.4) is 0 Å². The summed E-state index contributed by atoms with van der Waals surface area (Å²) in [5.41, 5.74) is 4.07. The van der Waals surface area contributed by atoms with Crippen molar-refractivity contribution in [3.63, 3.8) is 0 Å². The minimum atomic E-state index is -0.453. The van der Waals surface area contributed by atoms with Crippen LogP contribution < -0.4 is 4.74 Å². The molecule has 0 spiro atoms. The van der Waals surface area contributed by atoms with E-state index >= 15 is 0 Å². The van der Waals surface area contributed by atoms with Crippen molar-refractivity contribution in [1.82, 2.24) is 0 Å². The Bertz CT molecular complexity index is 1050. The Morgan fingerprint density at radius 2 is 1.80 bits per heavy atom. The summed E-state index contributed by atoms with van der Waals surface area (Å²) in [6, 6.07) is 16.8. The number of carbonyl (C=O) groups is 1. The summed E-state index contributed by atoms with van der Waals surface area (Å²) in [6.07, 6.45) is 0.483. The molecule has 0 aliphatic carbocycles. The molecule has 0 radical (unpaired) electrons. The van der Waals surface area contributed by atoms with Gasteiger partial charge >= 0.3 is 5.97 Å². The molecular weight excluding hydrogens is 423 g/mol. The second-order valence-electron chi connectivity index (χ2n) is 6.76. The van der Waals surface area contributed by atoms with Crippen molar-refractivity contribution in [3.05, 3.63) is 81.3 Å². The summed E-state index contributed by atoms with van der Waals surface area (Å²) < 4.78 is 10.4. The molecule has 156 valence electrons. The molecule has 3 aromatic rings. The molecule has 0 atom stereocenters. The fourth-order valence-corrected chi connectivity index (χ4v) is 3.72. The van der Waals surface area contributed by atoms with E-state index in [0.29, 0.717) is 34.4 Å². The van der Waals surface area contributed by atoms with Crippen molar-refractivity contribution in [1.29, 1.82) is 0 Å². The molecular formula is C24H22Cl2O4. The van der Waals surface area contributed by atoms with Gasteiger partial charge in [0.2, 0.25) is 0 Å². The lowest BCUT2D eigenvalue weighted by Crippen LogP contribution is -2.15. The Labute approximate surface area is 186 Å². The summed E-state index contributed by atoms with van der Waals surface area (Å²) in [4.78, 5) is 11.5. The molecule has 0 aliphatic rings. The number of rotatable bonds is 7. The summed E-state index contributed by atoms with van der Waals surface area (Å²) in [6.45, 7) is 3.63. The Hall–Kier alpha value is -2.69. The average molecular weight is 445 g/mol. The maximum absolute atomic E-state index is 11.5. The summed E-state index contributed by atoms with van der Waals surface area (Å²) in [5.74, 6) is 0.198. The van der Waals surface area contributed by atoms with E-state index in [1.54, 1.807) is 19.1 Å². The van der Waals surface area contributed by atoms with Gasteiger partial charge in [-0.25, -0.2) is 4.79 Å². The number of hydrogen-bond acceptors (Lipinski definition) is 4. The van der Waals surface area contributed by atoms with Crippen LogP contribution in [0.15, 0.2) is 54.6 Å². The molecule has 0 saturated heterocycles. The highest BCUT2D eigenvalue weighted by molar-refractivity contribution is 6.36. The van der Waals surface area contributed by atoms with Crippen LogP contribution >= 0.6 is 23.2 Å². The second-order valence-corrected chi connectivity index (χ2v) is 7.55. The summed E-state index contributed by atoms with van der Waals surface area (Å²) in [5, 5.41) is 11.2. The molecule has 0 aromatic heterocycles. The van der Waals surface area contributed by atoms with Crippen LogP contribution in [0.5, 0.6) is 11.5 Å². The van der Waals surface area contributed by atoms with E-state index in [9.17, 15) is 9.90 Å². The zero-order valence-corrected chi connectivity index (χ0v) is 18.3. The highest BCUT2D eigenvalue weighted by atomic mass is 35.5. The van der Waals surface area contributed by atoms with Gasteiger partial charge in [0, 0.05) is 22.6 Å². The molecule has 6 heteroatoms. The molecule has 0 amide bonds. The van der Waals surface area contributed by atoms with Crippen molar-refractivity contribution in [2.45, 2.75) is 20.3 Å². The largest absolute Gasteiger partial charge is 0.507 e. The topological polar surface area (TPSA) is 55.8 Å². The van der Waals surface area contributed by atoms with Gasteiger partial charge in [-0.15, -0.1) is 0 Å². The Morgan fingerprint density at radius 1 is 1.07 bits per heavy atom. The van der Waals surface area contributed by atoms with Gasteiger partial charge in [-0.2, -0.15) is 0 Å². The van der Waals surface area contributed by atoms with E-state index in [-0.39, 0.29) is 12.4 Å². The quantitative estimate of drug-likeness (QED) is 0.440. The molecule has 0 heterocycles. The third kappa shape index (κ3) is 5.07. The highest BCUT2D eigenvalue weighted by Gasteiger charge is 2.16. The van der Waals surface area contributed by atoms with Crippen molar-refractivity contribution >= 4 is 29.2 Å². The molecule has 4 nitrogen and oxygen atoms in total. The highest BCUT2D eigenvalue weighted by Crippen LogP contribution is 2.37. The normalized spacial score (nSPS) is 10.7. The minimum absolute atomic E-state index is 0.209. The van der Waals surface area contributed by atoms with Crippen LogP contribution in [0.2, 0.25) is 10.0 Å². The first-order valence-electron chi connectivity index (χ1n) is 9.54. The zero-order valence-electron chi connectivity index (χ0n) is 16.7. The molecule has 3 rings (SSSR count). The number of aromatic hydroxyl groups is 1. The molecule has 0 unspecified atom stereocenters. The number of ether oxygens (including phenoxy) is 2. The van der Waals surface area contributed by atoms with Crippen molar-refractivity contribution < 1.29 is 19.4 Å². The van der Waals surface area contributed by atoms with Gasteiger partial charge in [0.25, 0.3) is 0 Å². The van der Waals surface area contributed by atoms with Crippen LogP contribution in [0, 0.1) is 6.92 Å². The van der Waals surface area contributed by atoms with E-state index in [0.717, 1.165) is 22.3 Å². The smallest absolute Gasteiger partial charge is 0.344 e. The summed E-state index contributed by atoms with van der Waals surface area (Å²) in [7, 11) is 0. The predicted molar refractivity (Wildman–Crippen MR) is 120 cm³/mol. The molecule has 0 bridgehead atoms. The maximum Gasteiger partial charge on any atom is 0.344 e. The average Bonchev–Trinajstić information content (AvgIpc) is 2.74. The first-order chi connectivity index (χ1) is 14.4. The third-order valence-corrected chi connectivity index (χ3v) is 5.54. The van der Waals surface area contributed by atoms with Crippen molar-refractivity contribution in [2.75, 3.05) is 13.2 Å². The lowest BCUT2D eigenvalue weighted by Gasteiger charge is -2.16. The maximum atomic E-state index is 11.5. The molecule has 3 aromatic carbocycles. The Balaban J connectivity index is 1.87. The Morgan fingerprint density at radius 3 is 2.50 bits per heavy atom. The first-order valence-corrected chi connectivity index (χ1v) is 10.3. The van der Waals surface area contributed by atoms with E-state index in [1.165, 1.54) is 0 Å². The summed E-state index contributed by atoms with van der Waals surface area (Å²) >= 11 is 13.1. The van der Waals surface area contributed by atoms with Gasteiger partial charge in [0.05, 0.1) is 11.6 Å². The van der Waals surface area contributed by atoms with Gasteiger partial charge in [-0.3, -0.25) is 0 Å². The number of phenolic OH excluding ortho intramolecular Hbond substituents is 1. The number of phenols is 1. The van der Waals surface area contributed by atoms with Gasteiger partial charge in [0.15, 0.2) is 6.61 Å². The van der Waals surface area contributed by atoms with E-state index in [1.807, 2.05) is 49.4 Å². The van der Waals surface area contributed by atoms with Gasteiger partial charge in [0.1, 0.15) is 11.5 Å². The monoisotopic (exact) mass is 444 g/mol. The van der Waals surface area contributed by atoms with Gasteiger partial charge in [-0.05, 0) is 48.7 Å². The van der Waals surface area contributed by atoms with E-state index in [2.05, 4.69) is 0 Å². The minimum Gasteiger partial charge on any atom is -0.507 e. The number of carbonyl (C=O) groups excluding carboxylic acids is 1. The molecule has 1 N–H and O–H groups in total. The second kappa shape index (κ2) is 9.88. The fourth-order valence-electron chi connectivity index (χ4n) is 3.15. The lowest BCUT2D eigenvalue weighted by atomic mass is 9.97. The number of halogens is 2. The van der Waals surface area contributed by atoms with Crippen LogP contribution in [0.25, 0.3) is 11.1 Å². The number of esters is 1. The zero-order chi connectivity index (χ0) is 21.7. The van der Waals surface area contributed by atoms with Crippen LogP contribution in [0.1, 0.15) is 23.6 Å². The van der Waals surface area contributed by atoms with Crippen molar-refractivity contribution in [2.24, 2.45) is 0 Å². The molecule has 0 fully saturated rings. The fraction of sp³-hybridized carbons (Fsp3) is 0.208. The van der Waals surface area contributed by atoms with Gasteiger partial charge < -0.3 is 14.6 Å². The molecule has 0 saturated carbocycles. The van der Waals surface area contributed by atoms with Crippen LogP contribution in [-0.4, -0.2) is 24.3 Å². The van der Waals surface area contributed by atoms with E-state index in [4.69, 9.17) is 32.7 Å². The standard InChI is InChI=1S/C24H22Cl2O4/c1-3-29-23(28)14-30-22-13-20(25)19(24(26)15(22)2)12-16-9-10-21(27)18(11-16)17-7-5-4-6-8-17/h4-11,13,27H,3,12,14H2,1-2H3.